The first-order valence-corrected chi connectivity index (χ1v) is 5.51. The molecular formula is C12H10BrNO. The molecule has 1 aromatic rings. The molecule has 76 valence electrons. The summed E-state index contributed by atoms with van der Waals surface area (Å²) in [7, 11) is 1.65. The van der Waals surface area contributed by atoms with Crippen molar-refractivity contribution in [1.82, 2.24) is 0 Å². The summed E-state index contributed by atoms with van der Waals surface area (Å²) in [6.45, 7) is 0. The molecule has 2 rings (SSSR count). The predicted octanol–water partition coefficient (Wildman–Crippen LogP) is 3.31. The highest BCUT2D eigenvalue weighted by atomic mass is 79.9. The quantitative estimate of drug-likeness (QED) is 0.729. The number of hydrogen-bond acceptors (Lipinski definition) is 2. The second-order valence-electron chi connectivity index (χ2n) is 3.44. The number of nitrogens with zero attached hydrogens (tertiary/aromatic N) is 1. The van der Waals surface area contributed by atoms with Gasteiger partial charge in [-0.3, -0.25) is 0 Å². The summed E-state index contributed by atoms with van der Waals surface area (Å²) < 4.78 is 6.21. The van der Waals surface area contributed by atoms with Crippen LogP contribution in [-0.2, 0) is 6.42 Å². The van der Waals surface area contributed by atoms with E-state index >= 15 is 0 Å². The lowest BCUT2D eigenvalue weighted by Gasteiger charge is -2.07. The number of nitriles is 1. The van der Waals surface area contributed by atoms with E-state index in [0.717, 1.165) is 34.2 Å². The zero-order valence-corrected chi connectivity index (χ0v) is 9.97. The van der Waals surface area contributed by atoms with Gasteiger partial charge in [0.05, 0.1) is 17.7 Å². The normalized spacial score (nSPS) is 16.2. The molecular weight excluding hydrogens is 254 g/mol. The van der Waals surface area contributed by atoms with E-state index in [1.54, 1.807) is 13.2 Å². The smallest absolute Gasteiger partial charge is 0.133 e. The van der Waals surface area contributed by atoms with Crippen LogP contribution in [-0.4, -0.2) is 7.11 Å². The predicted molar refractivity (Wildman–Crippen MR) is 62.6 cm³/mol. The first kappa shape index (κ1) is 10.3. The number of aryl methyl sites for hydroxylation is 1. The maximum absolute atomic E-state index is 8.67. The third-order valence-electron chi connectivity index (χ3n) is 2.63. The van der Waals surface area contributed by atoms with Crippen LogP contribution in [0, 0.1) is 11.3 Å². The van der Waals surface area contributed by atoms with E-state index in [4.69, 9.17) is 10.00 Å². The Labute approximate surface area is 97.3 Å². The van der Waals surface area contributed by atoms with Gasteiger partial charge >= 0.3 is 0 Å². The zero-order chi connectivity index (χ0) is 10.8. The molecule has 0 saturated carbocycles. The molecule has 1 aromatic carbocycles. The van der Waals surface area contributed by atoms with Crippen molar-refractivity contribution in [1.29, 1.82) is 5.26 Å². The summed E-state index contributed by atoms with van der Waals surface area (Å²) >= 11 is 3.46. The van der Waals surface area contributed by atoms with Gasteiger partial charge in [0.2, 0.25) is 0 Å². The largest absolute Gasteiger partial charge is 0.496 e. The van der Waals surface area contributed by atoms with E-state index in [2.05, 4.69) is 28.1 Å². The topological polar surface area (TPSA) is 33.0 Å². The van der Waals surface area contributed by atoms with Gasteiger partial charge in [-0.1, -0.05) is 0 Å². The summed E-state index contributed by atoms with van der Waals surface area (Å²) in [6.07, 6.45) is 3.58. The van der Waals surface area contributed by atoms with Gasteiger partial charge in [-0.15, -0.1) is 0 Å². The van der Waals surface area contributed by atoms with Crippen molar-refractivity contribution in [2.75, 3.05) is 7.11 Å². The Morgan fingerprint density at radius 1 is 1.47 bits per heavy atom. The molecule has 1 aliphatic carbocycles. The van der Waals surface area contributed by atoms with Crippen molar-refractivity contribution in [2.45, 2.75) is 12.8 Å². The minimum Gasteiger partial charge on any atom is -0.496 e. The van der Waals surface area contributed by atoms with Crippen LogP contribution in [0.3, 0.4) is 0 Å². The third kappa shape index (κ3) is 1.78. The van der Waals surface area contributed by atoms with E-state index in [0.29, 0.717) is 0 Å². The average Bonchev–Trinajstić information content (AvgIpc) is 2.60. The van der Waals surface area contributed by atoms with Crippen LogP contribution in [0.25, 0.3) is 5.57 Å². The Kier molecular flexibility index (Phi) is 2.79. The molecule has 15 heavy (non-hydrogen) atoms. The fourth-order valence-corrected chi connectivity index (χ4v) is 2.44. The molecule has 0 fully saturated rings. The van der Waals surface area contributed by atoms with Crippen molar-refractivity contribution < 1.29 is 4.74 Å². The average molecular weight is 264 g/mol. The number of ether oxygens (including phenoxy) is 1. The molecule has 0 N–H and O–H groups in total. The van der Waals surface area contributed by atoms with Crippen molar-refractivity contribution in [2.24, 2.45) is 0 Å². The van der Waals surface area contributed by atoms with Crippen LogP contribution in [0.4, 0.5) is 0 Å². The maximum atomic E-state index is 8.67. The van der Waals surface area contributed by atoms with Crippen molar-refractivity contribution >= 4 is 21.5 Å². The lowest BCUT2D eigenvalue weighted by molar-refractivity contribution is 0.412. The van der Waals surface area contributed by atoms with E-state index < -0.39 is 0 Å². The number of halogens is 1. The van der Waals surface area contributed by atoms with Gasteiger partial charge in [0, 0.05) is 6.08 Å². The first-order chi connectivity index (χ1) is 7.26. The molecule has 1 aliphatic rings. The Balaban J connectivity index is 2.55. The summed E-state index contributed by atoms with van der Waals surface area (Å²) in [5.74, 6) is 0.819. The van der Waals surface area contributed by atoms with Gasteiger partial charge in [-0.25, -0.2) is 0 Å². The molecule has 0 spiro atoms. The number of benzene rings is 1. The third-order valence-corrected chi connectivity index (χ3v) is 3.25. The molecule has 0 unspecified atom stereocenters. The highest BCUT2D eigenvalue weighted by Gasteiger charge is 2.18. The van der Waals surface area contributed by atoms with Crippen molar-refractivity contribution in [3.8, 4) is 11.8 Å². The first-order valence-electron chi connectivity index (χ1n) is 4.71. The van der Waals surface area contributed by atoms with E-state index in [1.807, 2.05) is 6.07 Å². The summed E-state index contributed by atoms with van der Waals surface area (Å²) in [5.41, 5.74) is 3.54. The van der Waals surface area contributed by atoms with Crippen molar-refractivity contribution in [3.63, 3.8) is 0 Å². The molecule has 0 radical (unpaired) electrons. The molecule has 0 amide bonds. The molecule has 0 aromatic heterocycles. The van der Waals surface area contributed by atoms with Gasteiger partial charge in [0.15, 0.2) is 0 Å². The summed E-state index contributed by atoms with van der Waals surface area (Å²) in [4.78, 5) is 0. The number of hydrogen-bond donors (Lipinski definition) is 0. The second-order valence-corrected chi connectivity index (χ2v) is 4.30. The molecule has 0 bridgehead atoms. The van der Waals surface area contributed by atoms with E-state index in [-0.39, 0.29) is 0 Å². The molecule has 0 atom stereocenters. The summed E-state index contributed by atoms with van der Waals surface area (Å²) in [5, 5.41) is 8.67. The van der Waals surface area contributed by atoms with Crippen LogP contribution in [0.1, 0.15) is 17.5 Å². The maximum Gasteiger partial charge on any atom is 0.133 e. The van der Waals surface area contributed by atoms with Crippen LogP contribution in [0.2, 0.25) is 0 Å². The standard InChI is InChI=1S/C12H10BrNO/c1-15-12-7-10-8(4-5-14)2-3-9(10)6-11(12)13/h4,6-7H,2-3H2,1H3/b8-4+. The molecule has 3 heteroatoms. The van der Waals surface area contributed by atoms with Crippen LogP contribution >= 0.6 is 15.9 Å². The van der Waals surface area contributed by atoms with Gasteiger partial charge < -0.3 is 4.74 Å². The van der Waals surface area contributed by atoms with Gasteiger partial charge in [0.1, 0.15) is 5.75 Å². The Hall–Kier alpha value is -1.27. The van der Waals surface area contributed by atoms with Crippen LogP contribution < -0.4 is 4.74 Å². The second kappa shape index (κ2) is 4.08. The van der Waals surface area contributed by atoms with Gasteiger partial charge in [0.25, 0.3) is 0 Å². The number of fused-ring (bicyclic) bond motifs is 1. The monoisotopic (exact) mass is 263 g/mol. The zero-order valence-electron chi connectivity index (χ0n) is 8.38. The highest BCUT2D eigenvalue weighted by Crippen LogP contribution is 2.38. The van der Waals surface area contributed by atoms with E-state index in [9.17, 15) is 0 Å². The minimum atomic E-state index is 0.819. The van der Waals surface area contributed by atoms with Crippen LogP contribution in [0.15, 0.2) is 22.7 Å². The number of methoxy groups -OCH3 is 1. The Morgan fingerprint density at radius 3 is 2.93 bits per heavy atom. The number of rotatable bonds is 1. The van der Waals surface area contributed by atoms with Crippen molar-refractivity contribution in [3.05, 3.63) is 33.8 Å². The molecule has 0 heterocycles. The number of allylic oxidation sites excluding steroid dienone is 2. The fraction of sp³-hybridized carbons (Fsp3) is 0.250. The molecule has 0 saturated heterocycles. The fourth-order valence-electron chi connectivity index (χ4n) is 1.89. The lowest BCUT2D eigenvalue weighted by Crippen LogP contribution is -1.88. The van der Waals surface area contributed by atoms with Crippen LogP contribution in [0.5, 0.6) is 5.75 Å². The highest BCUT2D eigenvalue weighted by molar-refractivity contribution is 9.10. The molecule has 2 nitrogen and oxygen atoms in total. The Morgan fingerprint density at radius 2 is 2.27 bits per heavy atom. The van der Waals surface area contributed by atoms with E-state index in [1.165, 1.54) is 5.56 Å². The summed E-state index contributed by atoms with van der Waals surface area (Å²) in [6, 6.07) is 6.16. The SMILES string of the molecule is COc1cc2c(cc1Br)CC/C2=C\C#N. The minimum absolute atomic E-state index is 0.819. The van der Waals surface area contributed by atoms with Gasteiger partial charge in [-0.2, -0.15) is 5.26 Å². The lowest BCUT2D eigenvalue weighted by atomic mass is 10.1. The Bertz CT molecular complexity index is 471. The van der Waals surface area contributed by atoms with Gasteiger partial charge in [-0.05, 0) is 57.6 Å². The molecule has 0 aliphatic heterocycles.